The van der Waals surface area contributed by atoms with Crippen molar-refractivity contribution >= 4 is 17.3 Å². The standard InChI is InChI=1S/C21H20FNO2S/c22-17-13-11-16(12-14-17)21-20(15-7-3-1-4-8-15)23-18(26-21)9-5-2-6-10-19(24)25/h1,3-4,7-8,11-14H,2,5-6,9-10H2,(H,24,25). The molecule has 5 heteroatoms. The van der Waals surface area contributed by atoms with Gasteiger partial charge in [-0.2, -0.15) is 0 Å². The van der Waals surface area contributed by atoms with Gasteiger partial charge in [0.1, 0.15) is 5.82 Å². The van der Waals surface area contributed by atoms with Crippen molar-refractivity contribution < 1.29 is 14.3 Å². The summed E-state index contributed by atoms with van der Waals surface area (Å²) in [7, 11) is 0. The molecule has 0 aliphatic carbocycles. The second-order valence-corrected chi connectivity index (χ2v) is 7.20. The number of benzene rings is 2. The Hall–Kier alpha value is -2.53. The maximum absolute atomic E-state index is 13.3. The summed E-state index contributed by atoms with van der Waals surface area (Å²) in [6, 6.07) is 16.5. The molecule has 1 aromatic heterocycles. The molecule has 1 heterocycles. The molecule has 2 aromatic carbocycles. The Labute approximate surface area is 156 Å². The summed E-state index contributed by atoms with van der Waals surface area (Å²) >= 11 is 1.63. The average Bonchev–Trinajstić information content (AvgIpc) is 3.07. The van der Waals surface area contributed by atoms with E-state index in [1.165, 1.54) is 12.1 Å². The average molecular weight is 369 g/mol. The van der Waals surface area contributed by atoms with Gasteiger partial charge in [0.25, 0.3) is 0 Å². The SMILES string of the molecule is O=C(O)CCCCCc1nc(-c2ccccc2)c(-c2ccc(F)cc2)s1. The molecule has 0 spiro atoms. The van der Waals surface area contributed by atoms with E-state index in [0.29, 0.717) is 6.42 Å². The van der Waals surface area contributed by atoms with Crippen LogP contribution in [-0.2, 0) is 11.2 Å². The van der Waals surface area contributed by atoms with Gasteiger partial charge in [-0.3, -0.25) is 4.79 Å². The van der Waals surface area contributed by atoms with Gasteiger partial charge in [0.15, 0.2) is 0 Å². The largest absolute Gasteiger partial charge is 0.481 e. The van der Waals surface area contributed by atoms with Crippen molar-refractivity contribution in [3.8, 4) is 21.7 Å². The van der Waals surface area contributed by atoms with Crippen molar-refractivity contribution in [2.75, 3.05) is 0 Å². The molecule has 0 aliphatic rings. The quantitative estimate of drug-likeness (QED) is 0.510. The molecule has 0 bridgehead atoms. The molecule has 0 atom stereocenters. The zero-order valence-electron chi connectivity index (χ0n) is 14.3. The number of aliphatic carboxylic acids is 1. The molecule has 26 heavy (non-hydrogen) atoms. The number of nitrogens with zero attached hydrogens (tertiary/aromatic N) is 1. The number of carboxylic acid groups (broad SMARTS) is 1. The van der Waals surface area contributed by atoms with Gasteiger partial charge < -0.3 is 5.11 Å². The van der Waals surface area contributed by atoms with E-state index in [1.54, 1.807) is 23.5 Å². The van der Waals surface area contributed by atoms with Crippen LogP contribution in [0.3, 0.4) is 0 Å². The molecule has 0 unspecified atom stereocenters. The molecular weight excluding hydrogens is 349 g/mol. The Morgan fingerprint density at radius 3 is 2.38 bits per heavy atom. The minimum Gasteiger partial charge on any atom is -0.481 e. The third-order valence-electron chi connectivity index (χ3n) is 4.11. The summed E-state index contributed by atoms with van der Waals surface area (Å²) in [5, 5.41) is 9.73. The van der Waals surface area contributed by atoms with Crippen LogP contribution in [0, 0.1) is 5.82 Å². The second kappa shape index (κ2) is 8.72. The van der Waals surface area contributed by atoms with Gasteiger partial charge in [0.2, 0.25) is 0 Å². The van der Waals surface area contributed by atoms with E-state index in [0.717, 1.165) is 46.0 Å². The van der Waals surface area contributed by atoms with Crippen molar-refractivity contribution in [3.63, 3.8) is 0 Å². The number of aryl methyl sites for hydroxylation is 1. The number of hydrogen-bond donors (Lipinski definition) is 1. The molecule has 0 fully saturated rings. The first-order valence-corrected chi connectivity index (χ1v) is 9.48. The Bertz CT molecular complexity index is 859. The van der Waals surface area contributed by atoms with Crippen molar-refractivity contribution in [2.45, 2.75) is 32.1 Å². The van der Waals surface area contributed by atoms with E-state index < -0.39 is 5.97 Å². The van der Waals surface area contributed by atoms with Crippen molar-refractivity contribution in [1.82, 2.24) is 4.98 Å². The lowest BCUT2D eigenvalue weighted by Gasteiger charge is -2.02. The van der Waals surface area contributed by atoms with Crippen molar-refractivity contribution in [2.24, 2.45) is 0 Å². The molecule has 134 valence electrons. The van der Waals surface area contributed by atoms with E-state index in [1.807, 2.05) is 30.3 Å². The number of hydrogen-bond acceptors (Lipinski definition) is 3. The molecule has 0 saturated carbocycles. The highest BCUT2D eigenvalue weighted by atomic mass is 32.1. The Kier molecular flexibility index (Phi) is 6.12. The number of halogens is 1. The first-order chi connectivity index (χ1) is 12.6. The van der Waals surface area contributed by atoms with Crippen LogP contribution in [0.2, 0.25) is 0 Å². The molecule has 0 amide bonds. The van der Waals surface area contributed by atoms with Crippen LogP contribution in [0.5, 0.6) is 0 Å². The highest BCUT2D eigenvalue weighted by molar-refractivity contribution is 7.15. The maximum Gasteiger partial charge on any atom is 0.303 e. The lowest BCUT2D eigenvalue weighted by molar-refractivity contribution is -0.137. The molecule has 3 nitrogen and oxygen atoms in total. The van der Waals surface area contributed by atoms with Crippen molar-refractivity contribution in [3.05, 3.63) is 65.4 Å². The Morgan fingerprint density at radius 1 is 0.962 bits per heavy atom. The lowest BCUT2D eigenvalue weighted by atomic mass is 10.1. The summed E-state index contributed by atoms with van der Waals surface area (Å²) < 4.78 is 13.3. The van der Waals surface area contributed by atoms with E-state index in [2.05, 4.69) is 0 Å². The summed E-state index contributed by atoms with van der Waals surface area (Å²) in [6.45, 7) is 0. The van der Waals surface area contributed by atoms with Crippen LogP contribution < -0.4 is 0 Å². The fraction of sp³-hybridized carbons (Fsp3) is 0.238. The van der Waals surface area contributed by atoms with Gasteiger partial charge in [-0.1, -0.05) is 48.9 Å². The monoisotopic (exact) mass is 369 g/mol. The fourth-order valence-corrected chi connectivity index (χ4v) is 3.92. The highest BCUT2D eigenvalue weighted by Crippen LogP contribution is 2.37. The molecular formula is C21H20FNO2S. The number of thiazole rings is 1. The highest BCUT2D eigenvalue weighted by Gasteiger charge is 2.15. The number of aromatic nitrogens is 1. The van der Waals surface area contributed by atoms with Crippen LogP contribution in [0.1, 0.15) is 30.7 Å². The Morgan fingerprint density at radius 2 is 1.69 bits per heavy atom. The van der Waals surface area contributed by atoms with E-state index in [-0.39, 0.29) is 12.2 Å². The number of carbonyl (C=O) groups is 1. The summed E-state index contributed by atoms with van der Waals surface area (Å²) in [6.07, 6.45) is 3.52. The van der Waals surface area contributed by atoms with Gasteiger partial charge in [0, 0.05) is 12.0 Å². The third kappa shape index (κ3) is 4.76. The minimum absolute atomic E-state index is 0.216. The van der Waals surface area contributed by atoms with Gasteiger partial charge >= 0.3 is 5.97 Å². The summed E-state index contributed by atoms with van der Waals surface area (Å²) in [4.78, 5) is 16.4. The summed E-state index contributed by atoms with van der Waals surface area (Å²) in [5.41, 5.74) is 2.92. The molecule has 3 rings (SSSR count). The van der Waals surface area contributed by atoms with Gasteiger partial charge in [-0.05, 0) is 37.0 Å². The van der Waals surface area contributed by atoms with E-state index in [9.17, 15) is 9.18 Å². The predicted molar refractivity (Wildman–Crippen MR) is 103 cm³/mol. The van der Waals surface area contributed by atoms with Crippen molar-refractivity contribution in [1.29, 1.82) is 0 Å². The molecule has 0 radical (unpaired) electrons. The number of carboxylic acids is 1. The predicted octanol–water partition coefficient (Wildman–Crippen LogP) is 5.80. The molecule has 0 saturated heterocycles. The van der Waals surface area contributed by atoms with Gasteiger partial charge in [-0.25, -0.2) is 9.37 Å². The van der Waals surface area contributed by atoms with Crippen LogP contribution in [0.4, 0.5) is 4.39 Å². The normalized spacial score (nSPS) is 10.8. The zero-order valence-corrected chi connectivity index (χ0v) is 15.1. The fourth-order valence-electron chi connectivity index (χ4n) is 2.79. The first kappa shape index (κ1) is 18.3. The maximum atomic E-state index is 13.3. The van der Waals surface area contributed by atoms with Crippen LogP contribution in [-0.4, -0.2) is 16.1 Å². The lowest BCUT2D eigenvalue weighted by Crippen LogP contribution is -1.94. The van der Waals surface area contributed by atoms with Crippen LogP contribution in [0.15, 0.2) is 54.6 Å². The van der Waals surface area contributed by atoms with Gasteiger partial charge in [-0.15, -0.1) is 11.3 Å². The first-order valence-electron chi connectivity index (χ1n) is 8.66. The molecule has 3 aromatic rings. The zero-order chi connectivity index (χ0) is 18.4. The van der Waals surface area contributed by atoms with Crippen LogP contribution in [0.25, 0.3) is 21.7 Å². The molecule has 0 aliphatic heterocycles. The van der Waals surface area contributed by atoms with E-state index in [4.69, 9.17) is 10.1 Å². The summed E-state index contributed by atoms with van der Waals surface area (Å²) in [5.74, 6) is -0.998. The smallest absolute Gasteiger partial charge is 0.303 e. The van der Waals surface area contributed by atoms with Crippen LogP contribution >= 0.6 is 11.3 Å². The van der Waals surface area contributed by atoms with Gasteiger partial charge in [0.05, 0.1) is 15.6 Å². The number of unbranched alkanes of at least 4 members (excludes halogenated alkanes) is 2. The second-order valence-electron chi connectivity index (χ2n) is 6.11. The van der Waals surface area contributed by atoms with E-state index >= 15 is 0 Å². The third-order valence-corrected chi connectivity index (χ3v) is 5.27. The Balaban J connectivity index is 1.81. The molecule has 1 N–H and O–H groups in total. The topological polar surface area (TPSA) is 50.2 Å². The number of rotatable bonds is 8. The minimum atomic E-state index is -0.746.